The van der Waals surface area contributed by atoms with Gasteiger partial charge in [0.15, 0.2) is 0 Å². The van der Waals surface area contributed by atoms with Gasteiger partial charge >= 0.3 is 5.97 Å². The number of ether oxygens (including phenoxy) is 1. The molecule has 0 bridgehead atoms. The standard InChI is InChI=1S/C25H23ClN4O6/c1-11-16(26)8-7-15-21(11)28-24(35)25(15)20-19(17(29-25)9-10-18(27)32)22(33)30(23(20)34)13-3-5-14(6-4-13)36-12(2)31/h3-8,17,19-20,29H,9-10H2,1-2H3,(H2,27,32)(H,28,35)/t17-,19+,20+,25-/m0/s1. The molecule has 3 aliphatic rings. The number of carbonyl (C=O) groups excluding carboxylic acids is 5. The number of fused-ring (bicyclic) bond motifs is 4. The van der Waals surface area contributed by atoms with E-state index in [0.717, 1.165) is 4.90 Å². The number of hydrogen-bond acceptors (Lipinski definition) is 7. The van der Waals surface area contributed by atoms with Crippen LogP contribution in [-0.2, 0) is 29.5 Å². The van der Waals surface area contributed by atoms with Crippen LogP contribution in [0, 0.1) is 18.8 Å². The smallest absolute Gasteiger partial charge is 0.308 e. The highest BCUT2D eigenvalue weighted by Gasteiger charge is 2.70. The van der Waals surface area contributed by atoms with Crippen molar-refractivity contribution in [2.75, 3.05) is 10.2 Å². The molecule has 1 spiro atoms. The molecule has 0 unspecified atom stereocenters. The Labute approximate surface area is 211 Å². The van der Waals surface area contributed by atoms with Crippen LogP contribution < -0.4 is 26.0 Å². The SMILES string of the molecule is CC(=O)Oc1ccc(N2C(=O)[C@@H]3[C@H](CCC(N)=O)N[C@]4(C(=O)Nc5c4ccc(Cl)c5C)[C@H]3C2=O)cc1. The van der Waals surface area contributed by atoms with Crippen molar-refractivity contribution in [3.63, 3.8) is 0 Å². The van der Waals surface area contributed by atoms with Crippen LogP contribution in [-0.4, -0.2) is 35.6 Å². The van der Waals surface area contributed by atoms with Gasteiger partial charge in [-0.15, -0.1) is 0 Å². The molecule has 3 aliphatic heterocycles. The van der Waals surface area contributed by atoms with Crippen molar-refractivity contribution in [3.05, 3.63) is 52.5 Å². The van der Waals surface area contributed by atoms with E-state index in [9.17, 15) is 24.0 Å². The third-order valence-corrected chi connectivity index (χ3v) is 7.55. The Morgan fingerprint density at radius 2 is 1.81 bits per heavy atom. The lowest BCUT2D eigenvalue weighted by Crippen LogP contribution is -2.53. The number of benzene rings is 2. The van der Waals surface area contributed by atoms with Crippen LogP contribution in [0.4, 0.5) is 11.4 Å². The fourth-order valence-electron chi connectivity index (χ4n) is 5.62. The largest absolute Gasteiger partial charge is 0.427 e. The van der Waals surface area contributed by atoms with Crippen LogP contribution in [0.5, 0.6) is 5.75 Å². The Balaban J connectivity index is 1.60. The molecule has 2 fully saturated rings. The summed E-state index contributed by atoms with van der Waals surface area (Å²) >= 11 is 6.28. The molecule has 2 aromatic rings. The predicted octanol–water partition coefficient (Wildman–Crippen LogP) is 1.76. The number of rotatable bonds is 5. The minimum absolute atomic E-state index is 0.0242. The summed E-state index contributed by atoms with van der Waals surface area (Å²) in [5.74, 6) is -4.26. The van der Waals surface area contributed by atoms with Crippen molar-refractivity contribution < 1.29 is 28.7 Å². The van der Waals surface area contributed by atoms with E-state index >= 15 is 0 Å². The van der Waals surface area contributed by atoms with E-state index in [1.807, 2.05) is 0 Å². The zero-order valence-corrected chi connectivity index (χ0v) is 20.2. The molecule has 4 atom stereocenters. The molecule has 5 rings (SSSR count). The molecule has 0 aromatic heterocycles. The van der Waals surface area contributed by atoms with Gasteiger partial charge in [-0.1, -0.05) is 17.7 Å². The van der Waals surface area contributed by atoms with Gasteiger partial charge in [-0.05, 0) is 49.2 Å². The second kappa shape index (κ2) is 8.42. The maximum atomic E-state index is 13.9. The molecule has 0 radical (unpaired) electrons. The van der Waals surface area contributed by atoms with Gasteiger partial charge in [-0.25, -0.2) is 4.90 Å². The third kappa shape index (κ3) is 3.40. The lowest BCUT2D eigenvalue weighted by molar-refractivity contribution is -0.132. The Morgan fingerprint density at radius 3 is 2.44 bits per heavy atom. The van der Waals surface area contributed by atoms with E-state index in [1.54, 1.807) is 19.1 Å². The van der Waals surface area contributed by atoms with Crippen LogP contribution in [0.15, 0.2) is 36.4 Å². The molecular weight excluding hydrogens is 488 g/mol. The van der Waals surface area contributed by atoms with E-state index in [-0.39, 0.29) is 24.3 Å². The second-order valence-electron chi connectivity index (χ2n) is 9.22. The van der Waals surface area contributed by atoms with Crippen LogP contribution in [0.25, 0.3) is 0 Å². The predicted molar refractivity (Wildman–Crippen MR) is 129 cm³/mol. The van der Waals surface area contributed by atoms with E-state index in [4.69, 9.17) is 22.1 Å². The number of primary amides is 1. The molecule has 10 nitrogen and oxygen atoms in total. The van der Waals surface area contributed by atoms with Crippen LogP contribution >= 0.6 is 11.6 Å². The number of imide groups is 1. The Kier molecular flexibility index (Phi) is 5.60. The Morgan fingerprint density at radius 1 is 1.11 bits per heavy atom. The fourth-order valence-corrected chi connectivity index (χ4v) is 5.78. The zero-order chi connectivity index (χ0) is 25.9. The van der Waals surface area contributed by atoms with Gasteiger partial charge in [-0.3, -0.25) is 29.3 Å². The first-order valence-corrected chi connectivity index (χ1v) is 11.8. The number of nitrogens with one attached hydrogen (secondary N) is 2. The van der Waals surface area contributed by atoms with Crippen molar-refractivity contribution >= 4 is 52.6 Å². The molecule has 11 heteroatoms. The summed E-state index contributed by atoms with van der Waals surface area (Å²) < 4.78 is 5.04. The molecule has 2 saturated heterocycles. The molecule has 3 heterocycles. The van der Waals surface area contributed by atoms with E-state index in [1.165, 1.54) is 31.2 Å². The quantitative estimate of drug-likeness (QED) is 0.315. The summed E-state index contributed by atoms with van der Waals surface area (Å²) in [7, 11) is 0. The van der Waals surface area contributed by atoms with Crippen molar-refractivity contribution in [2.45, 2.75) is 38.3 Å². The number of nitrogens with zero attached hydrogens (tertiary/aromatic N) is 1. The molecule has 4 N–H and O–H groups in total. The Hall–Kier alpha value is -3.76. The molecule has 2 aromatic carbocycles. The van der Waals surface area contributed by atoms with Gasteiger partial charge in [0.25, 0.3) is 0 Å². The van der Waals surface area contributed by atoms with Gasteiger partial charge < -0.3 is 15.8 Å². The maximum Gasteiger partial charge on any atom is 0.308 e. The highest BCUT2D eigenvalue weighted by atomic mass is 35.5. The number of carbonyl (C=O) groups is 5. The average Bonchev–Trinajstić information content (AvgIpc) is 3.40. The lowest BCUT2D eigenvalue weighted by atomic mass is 9.76. The van der Waals surface area contributed by atoms with Crippen molar-refractivity contribution in [3.8, 4) is 5.75 Å². The summed E-state index contributed by atoms with van der Waals surface area (Å²) in [5, 5.41) is 6.55. The molecule has 4 amide bonds. The third-order valence-electron chi connectivity index (χ3n) is 7.14. The van der Waals surface area contributed by atoms with Crippen LogP contribution in [0.3, 0.4) is 0 Å². The zero-order valence-electron chi connectivity index (χ0n) is 19.5. The van der Waals surface area contributed by atoms with Crippen molar-refractivity contribution in [2.24, 2.45) is 17.6 Å². The monoisotopic (exact) mass is 510 g/mol. The van der Waals surface area contributed by atoms with Gasteiger partial charge in [-0.2, -0.15) is 0 Å². The van der Waals surface area contributed by atoms with Crippen LogP contribution in [0.2, 0.25) is 5.02 Å². The number of anilines is 2. The van der Waals surface area contributed by atoms with Gasteiger partial charge in [0.05, 0.1) is 23.2 Å². The minimum Gasteiger partial charge on any atom is -0.427 e. The van der Waals surface area contributed by atoms with Crippen molar-refractivity contribution in [1.29, 1.82) is 0 Å². The summed E-state index contributed by atoms with van der Waals surface area (Å²) in [6, 6.07) is 8.63. The van der Waals surface area contributed by atoms with E-state index in [2.05, 4.69) is 10.6 Å². The van der Waals surface area contributed by atoms with E-state index < -0.39 is 53.0 Å². The highest BCUT2D eigenvalue weighted by Crippen LogP contribution is 2.55. The first kappa shape index (κ1) is 24.0. The summed E-state index contributed by atoms with van der Waals surface area (Å²) in [4.78, 5) is 65.0. The lowest BCUT2D eigenvalue weighted by Gasteiger charge is -2.29. The molecule has 0 aliphatic carbocycles. The summed E-state index contributed by atoms with van der Waals surface area (Å²) in [5.41, 5.74) is 5.80. The first-order chi connectivity index (χ1) is 17.1. The number of halogens is 1. The van der Waals surface area contributed by atoms with Gasteiger partial charge in [0.2, 0.25) is 23.6 Å². The average molecular weight is 511 g/mol. The van der Waals surface area contributed by atoms with Crippen LogP contribution in [0.1, 0.15) is 30.9 Å². The number of esters is 1. The highest BCUT2D eigenvalue weighted by molar-refractivity contribution is 6.32. The molecule has 186 valence electrons. The Bertz CT molecular complexity index is 1340. The van der Waals surface area contributed by atoms with Crippen molar-refractivity contribution in [1.82, 2.24) is 5.32 Å². The maximum absolute atomic E-state index is 13.9. The normalized spacial score (nSPS) is 26.2. The number of nitrogens with two attached hydrogens (primary N) is 1. The molecular formula is C25H23ClN4O6. The second-order valence-corrected chi connectivity index (χ2v) is 9.62. The molecule has 0 saturated carbocycles. The summed E-state index contributed by atoms with van der Waals surface area (Å²) in [6.45, 7) is 3.02. The first-order valence-electron chi connectivity index (χ1n) is 11.4. The van der Waals surface area contributed by atoms with E-state index in [0.29, 0.717) is 21.8 Å². The van der Waals surface area contributed by atoms with Gasteiger partial charge in [0, 0.05) is 30.0 Å². The summed E-state index contributed by atoms with van der Waals surface area (Å²) in [6.07, 6.45) is 0.148. The number of hydrogen-bond donors (Lipinski definition) is 3. The fraction of sp³-hybridized carbons (Fsp3) is 0.320. The van der Waals surface area contributed by atoms with Gasteiger partial charge in [0.1, 0.15) is 11.3 Å². The topological polar surface area (TPSA) is 148 Å². The number of amides is 4. The minimum atomic E-state index is -1.52. The molecule has 36 heavy (non-hydrogen) atoms.